The average Bonchev–Trinajstić information content (AvgIpc) is 2.82. The third-order valence-electron chi connectivity index (χ3n) is 3.75. The molecule has 0 aromatic heterocycles. The van der Waals surface area contributed by atoms with Crippen LogP contribution in [0.2, 0.25) is 0 Å². The zero-order valence-electron chi connectivity index (χ0n) is 14.6. The summed E-state index contributed by atoms with van der Waals surface area (Å²) in [5, 5.41) is 8.95. The van der Waals surface area contributed by atoms with E-state index in [1.54, 1.807) is 31.2 Å². The van der Waals surface area contributed by atoms with Gasteiger partial charge in [0.05, 0.1) is 6.07 Å². The Bertz CT molecular complexity index is 694. The van der Waals surface area contributed by atoms with Crippen molar-refractivity contribution in [3.63, 3.8) is 0 Å². The summed E-state index contributed by atoms with van der Waals surface area (Å²) in [7, 11) is 0. The Labute approximate surface area is 144 Å². The van der Waals surface area contributed by atoms with Gasteiger partial charge in [-0.05, 0) is 55.7 Å². The van der Waals surface area contributed by atoms with Gasteiger partial charge in [-0.3, -0.25) is 0 Å². The molecule has 0 saturated carbocycles. The predicted molar refractivity (Wildman–Crippen MR) is 96.8 cm³/mol. The summed E-state index contributed by atoms with van der Waals surface area (Å²) in [6.07, 6.45) is 12.8. The second-order valence-corrected chi connectivity index (χ2v) is 5.43. The van der Waals surface area contributed by atoms with Gasteiger partial charge in [-0.2, -0.15) is 5.26 Å². The SMILES string of the molecule is C=C/C(=C\C=C(/C)C#N)C(CC)(OCCC)C1=C=CC=C(F)C=C1. The molecule has 1 aliphatic carbocycles. The fourth-order valence-corrected chi connectivity index (χ4v) is 2.44. The second kappa shape index (κ2) is 9.67. The van der Waals surface area contributed by atoms with E-state index in [1.165, 1.54) is 12.2 Å². The maximum atomic E-state index is 13.5. The molecular formula is C21H24FNO. The number of halogens is 1. The van der Waals surface area contributed by atoms with Crippen LogP contribution in [0.4, 0.5) is 4.39 Å². The Hall–Kier alpha value is -2.40. The molecule has 0 heterocycles. The molecule has 1 aliphatic rings. The highest BCUT2D eigenvalue weighted by Crippen LogP contribution is 2.36. The number of ether oxygens (including phenoxy) is 1. The Morgan fingerprint density at radius 2 is 2.17 bits per heavy atom. The maximum Gasteiger partial charge on any atom is 0.125 e. The van der Waals surface area contributed by atoms with Gasteiger partial charge in [-0.15, -0.1) is 5.73 Å². The molecule has 1 atom stereocenters. The quantitative estimate of drug-likeness (QED) is 0.328. The molecule has 0 fully saturated rings. The maximum absolute atomic E-state index is 13.5. The molecule has 0 saturated heterocycles. The van der Waals surface area contributed by atoms with Crippen molar-refractivity contribution in [1.29, 1.82) is 5.26 Å². The van der Waals surface area contributed by atoms with Crippen molar-refractivity contribution in [3.8, 4) is 6.07 Å². The minimum absolute atomic E-state index is 0.331. The van der Waals surface area contributed by atoms with E-state index in [2.05, 4.69) is 18.4 Å². The van der Waals surface area contributed by atoms with Crippen LogP contribution in [-0.2, 0) is 4.74 Å². The number of nitrogens with zero attached hydrogens (tertiary/aromatic N) is 1. The second-order valence-electron chi connectivity index (χ2n) is 5.43. The average molecular weight is 325 g/mol. The summed E-state index contributed by atoms with van der Waals surface area (Å²) in [6.45, 7) is 10.2. The molecule has 0 N–H and O–H groups in total. The molecule has 0 radical (unpaired) electrons. The minimum atomic E-state index is -0.782. The van der Waals surface area contributed by atoms with E-state index >= 15 is 0 Å². The lowest BCUT2D eigenvalue weighted by Gasteiger charge is -2.34. The molecule has 1 rings (SSSR count). The first-order valence-corrected chi connectivity index (χ1v) is 8.10. The molecule has 1 unspecified atom stereocenters. The van der Waals surface area contributed by atoms with Crippen molar-refractivity contribution >= 4 is 0 Å². The summed E-state index contributed by atoms with van der Waals surface area (Å²) in [4.78, 5) is 0. The molecule has 0 aliphatic heterocycles. The topological polar surface area (TPSA) is 33.0 Å². The van der Waals surface area contributed by atoms with Gasteiger partial charge in [0, 0.05) is 17.8 Å². The van der Waals surface area contributed by atoms with Crippen LogP contribution in [0.1, 0.15) is 33.6 Å². The normalized spacial score (nSPS) is 17.5. The van der Waals surface area contributed by atoms with Crippen LogP contribution in [0.5, 0.6) is 0 Å². The lowest BCUT2D eigenvalue weighted by molar-refractivity contribution is 0.0130. The smallest absolute Gasteiger partial charge is 0.125 e. The molecule has 0 aromatic rings. The Morgan fingerprint density at radius 3 is 2.75 bits per heavy atom. The van der Waals surface area contributed by atoms with E-state index < -0.39 is 5.60 Å². The van der Waals surface area contributed by atoms with Crippen LogP contribution < -0.4 is 0 Å². The van der Waals surface area contributed by atoms with Crippen LogP contribution in [0.25, 0.3) is 0 Å². The van der Waals surface area contributed by atoms with Crippen LogP contribution in [-0.4, -0.2) is 12.2 Å². The van der Waals surface area contributed by atoms with Crippen molar-refractivity contribution < 1.29 is 9.13 Å². The molecule has 3 heteroatoms. The Morgan fingerprint density at radius 1 is 1.42 bits per heavy atom. The fourth-order valence-electron chi connectivity index (χ4n) is 2.44. The van der Waals surface area contributed by atoms with Crippen molar-refractivity contribution in [2.45, 2.75) is 39.2 Å². The number of nitriles is 1. The molecule has 0 amide bonds. The third kappa shape index (κ3) is 4.80. The molecule has 126 valence electrons. The number of hydrogen-bond acceptors (Lipinski definition) is 2. The summed E-state index contributed by atoms with van der Waals surface area (Å²) in [5.41, 5.74) is 4.47. The monoisotopic (exact) mass is 325 g/mol. The highest BCUT2D eigenvalue weighted by Gasteiger charge is 2.35. The van der Waals surface area contributed by atoms with Gasteiger partial charge in [-0.25, -0.2) is 4.39 Å². The summed E-state index contributed by atoms with van der Waals surface area (Å²) < 4.78 is 19.7. The van der Waals surface area contributed by atoms with Crippen LogP contribution >= 0.6 is 0 Å². The van der Waals surface area contributed by atoms with Crippen molar-refractivity contribution in [2.75, 3.05) is 6.61 Å². The first kappa shape index (κ1) is 19.6. The van der Waals surface area contributed by atoms with Crippen molar-refractivity contribution in [2.24, 2.45) is 0 Å². The standard InChI is InChI=1S/C21H24FNO/c1-5-15-24-21(7-3,18(6-2)12-11-17(4)16-23)19-9-8-10-20(22)14-13-19/h6,8,10-14H,2,5,7,15H2,1,3-4H3/b17-11+,18-12+. The third-order valence-corrected chi connectivity index (χ3v) is 3.75. The van der Waals surface area contributed by atoms with Crippen LogP contribution in [0, 0.1) is 11.3 Å². The number of hydrogen-bond donors (Lipinski definition) is 0. The van der Waals surface area contributed by atoms with E-state index in [0.29, 0.717) is 18.6 Å². The van der Waals surface area contributed by atoms with Crippen molar-refractivity contribution in [1.82, 2.24) is 0 Å². The molecule has 0 bridgehead atoms. The van der Waals surface area contributed by atoms with Crippen LogP contribution in [0.3, 0.4) is 0 Å². The van der Waals surface area contributed by atoms with E-state index in [0.717, 1.165) is 17.6 Å². The van der Waals surface area contributed by atoms with Gasteiger partial charge in [0.2, 0.25) is 0 Å². The lowest BCUT2D eigenvalue weighted by atomic mass is 9.82. The highest BCUT2D eigenvalue weighted by molar-refractivity contribution is 5.48. The summed E-state index contributed by atoms with van der Waals surface area (Å²) in [6, 6.07) is 2.09. The number of allylic oxidation sites excluding steroid dienone is 6. The van der Waals surface area contributed by atoms with Gasteiger partial charge < -0.3 is 4.74 Å². The molecular weight excluding hydrogens is 301 g/mol. The minimum Gasteiger partial charge on any atom is -0.365 e. The van der Waals surface area contributed by atoms with E-state index in [-0.39, 0.29) is 5.83 Å². The van der Waals surface area contributed by atoms with Gasteiger partial charge >= 0.3 is 0 Å². The molecule has 2 nitrogen and oxygen atoms in total. The first-order chi connectivity index (χ1) is 11.5. The Balaban J connectivity index is 3.49. The summed E-state index contributed by atoms with van der Waals surface area (Å²) in [5.74, 6) is -0.331. The van der Waals surface area contributed by atoms with Gasteiger partial charge in [0.25, 0.3) is 0 Å². The van der Waals surface area contributed by atoms with Crippen LogP contribution in [0.15, 0.2) is 77.4 Å². The zero-order valence-corrected chi connectivity index (χ0v) is 14.6. The van der Waals surface area contributed by atoms with Gasteiger partial charge in [0.15, 0.2) is 0 Å². The first-order valence-electron chi connectivity index (χ1n) is 8.10. The number of rotatable bonds is 8. The van der Waals surface area contributed by atoms with Gasteiger partial charge in [0.1, 0.15) is 11.4 Å². The van der Waals surface area contributed by atoms with E-state index in [9.17, 15) is 4.39 Å². The summed E-state index contributed by atoms with van der Waals surface area (Å²) >= 11 is 0. The highest BCUT2D eigenvalue weighted by atomic mass is 19.1. The molecule has 0 spiro atoms. The van der Waals surface area contributed by atoms with Crippen molar-refractivity contribution in [3.05, 3.63) is 77.4 Å². The largest absolute Gasteiger partial charge is 0.365 e. The lowest BCUT2D eigenvalue weighted by Crippen LogP contribution is -2.36. The fraction of sp³-hybridized carbons (Fsp3) is 0.333. The molecule has 24 heavy (non-hydrogen) atoms. The van der Waals surface area contributed by atoms with Gasteiger partial charge in [-0.1, -0.05) is 32.6 Å². The van der Waals surface area contributed by atoms with E-state index in [4.69, 9.17) is 10.00 Å². The Kier molecular flexibility index (Phi) is 7.92. The molecule has 0 aromatic carbocycles. The predicted octanol–water partition coefficient (Wildman–Crippen LogP) is 5.65. The zero-order chi connectivity index (χ0) is 18.0. The van der Waals surface area contributed by atoms with E-state index in [1.807, 2.05) is 19.9 Å².